The van der Waals surface area contributed by atoms with Crippen molar-refractivity contribution in [3.05, 3.63) is 53.3 Å². The average molecular weight is 419 g/mol. The average Bonchev–Trinajstić information content (AvgIpc) is 3.17. The summed E-state index contributed by atoms with van der Waals surface area (Å²) < 4.78 is 5.71. The van der Waals surface area contributed by atoms with Gasteiger partial charge in [-0.25, -0.2) is 15.0 Å². The number of amides is 1. The van der Waals surface area contributed by atoms with Gasteiger partial charge in [0.2, 0.25) is 11.8 Å². The predicted octanol–water partition coefficient (Wildman–Crippen LogP) is 2.45. The third-order valence-electron chi connectivity index (χ3n) is 4.61. The molecule has 5 rings (SSSR count). The van der Waals surface area contributed by atoms with Crippen LogP contribution in [-0.2, 0) is 0 Å². The van der Waals surface area contributed by atoms with E-state index in [2.05, 4.69) is 35.8 Å². The molecule has 0 bridgehead atoms. The molecule has 150 valence electrons. The van der Waals surface area contributed by atoms with Crippen LogP contribution < -0.4 is 15.4 Å². The molecule has 1 aromatic carbocycles. The van der Waals surface area contributed by atoms with Crippen LogP contribution in [0.5, 0.6) is 5.88 Å². The van der Waals surface area contributed by atoms with Gasteiger partial charge in [0.05, 0.1) is 5.52 Å². The lowest BCUT2D eigenvalue weighted by atomic mass is 10.1. The maximum atomic E-state index is 12.7. The van der Waals surface area contributed by atoms with Crippen LogP contribution in [0.15, 0.2) is 42.7 Å². The lowest BCUT2D eigenvalue weighted by Crippen LogP contribution is -2.50. The summed E-state index contributed by atoms with van der Waals surface area (Å²) in [4.78, 5) is 25.6. The number of nitrogens with one attached hydrogen (secondary N) is 2. The number of pyridine rings is 1. The molecule has 9 nitrogen and oxygen atoms in total. The first-order chi connectivity index (χ1) is 14.6. The van der Waals surface area contributed by atoms with E-state index in [1.807, 2.05) is 25.1 Å². The molecular formula is C20H17N7O2S. The molecule has 30 heavy (non-hydrogen) atoms. The predicted molar refractivity (Wildman–Crippen MR) is 113 cm³/mol. The van der Waals surface area contributed by atoms with Crippen molar-refractivity contribution in [2.24, 2.45) is 0 Å². The summed E-state index contributed by atoms with van der Waals surface area (Å²) in [7, 11) is 0. The zero-order valence-corrected chi connectivity index (χ0v) is 16.8. The SMILES string of the molecule is Cc1nnc(-c2ccc3cnc(NC(=O)c4ccnc(OC5CNC5)c4)nc3c2)s1. The van der Waals surface area contributed by atoms with Crippen molar-refractivity contribution >= 4 is 34.1 Å². The summed E-state index contributed by atoms with van der Waals surface area (Å²) >= 11 is 1.52. The third kappa shape index (κ3) is 3.82. The summed E-state index contributed by atoms with van der Waals surface area (Å²) in [6.45, 7) is 3.47. The van der Waals surface area contributed by atoms with E-state index in [-0.39, 0.29) is 18.0 Å². The van der Waals surface area contributed by atoms with E-state index in [1.165, 1.54) is 11.3 Å². The normalized spacial score (nSPS) is 13.8. The zero-order valence-electron chi connectivity index (χ0n) is 16.0. The Morgan fingerprint density at radius 2 is 2.10 bits per heavy atom. The number of aromatic nitrogens is 5. The number of benzene rings is 1. The molecule has 4 heterocycles. The second-order valence-corrected chi connectivity index (χ2v) is 8.01. The molecule has 0 atom stereocenters. The van der Waals surface area contributed by atoms with Gasteiger partial charge in [0, 0.05) is 48.1 Å². The van der Waals surface area contributed by atoms with Gasteiger partial charge in [0.25, 0.3) is 5.91 Å². The molecule has 0 spiro atoms. The molecule has 10 heteroatoms. The van der Waals surface area contributed by atoms with E-state index in [9.17, 15) is 4.79 Å². The Morgan fingerprint density at radius 3 is 2.87 bits per heavy atom. The van der Waals surface area contributed by atoms with Gasteiger partial charge in [-0.1, -0.05) is 23.5 Å². The number of nitrogens with zero attached hydrogens (tertiary/aromatic N) is 5. The second-order valence-electron chi connectivity index (χ2n) is 6.83. The van der Waals surface area contributed by atoms with Crippen LogP contribution in [0, 0.1) is 6.92 Å². The highest BCUT2D eigenvalue weighted by atomic mass is 32.1. The van der Waals surface area contributed by atoms with Crippen LogP contribution in [0.1, 0.15) is 15.4 Å². The first kappa shape index (κ1) is 18.5. The van der Waals surface area contributed by atoms with E-state index < -0.39 is 0 Å². The van der Waals surface area contributed by atoms with E-state index in [0.717, 1.165) is 34.1 Å². The van der Waals surface area contributed by atoms with Gasteiger partial charge in [-0.3, -0.25) is 10.1 Å². The number of aryl methyl sites for hydroxylation is 1. The topological polar surface area (TPSA) is 115 Å². The van der Waals surface area contributed by atoms with Crippen molar-refractivity contribution in [2.45, 2.75) is 13.0 Å². The summed E-state index contributed by atoms with van der Waals surface area (Å²) in [5.41, 5.74) is 2.06. The Balaban J connectivity index is 1.36. The largest absolute Gasteiger partial charge is 0.472 e. The Hall–Kier alpha value is -3.50. The molecule has 0 radical (unpaired) electrons. The number of ether oxygens (including phenoxy) is 1. The fourth-order valence-corrected chi connectivity index (χ4v) is 3.62. The van der Waals surface area contributed by atoms with Crippen LogP contribution in [0.3, 0.4) is 0 Å². The Kier molecular flexibility index (Phi) is 4.77. The molecule has 1 aliphatic rings. The number of carbonyl (C=O) groups excluding carboxylic acids is 1. The van der Waals surface area contributed by atoms with Gasteiger partial charge in [-0.05, 0) is 19.1 Å². The molecule has 1 aliphatic heterocycles. The van der Waals surface area contributed by atoms with Crippen LogP contribution in [0.2, 0.25) is 0 Å². The zero-order chi connectivity index (χ0) is 20.5. The third-order valence-corrected chi connectivity index (χ3v) is 5.50. The van der Waals surface area contributed by atoms with Crippen molar-refractivity contribution in [3.8, 4) is 16.5 Å². The number of hydrogen-bond acceptors (Lipinski definition) is 9. The summed E-state index contributed by atoms with van der Waals surface area (Å²) in [5.74, 6) is 0.315. The number of hydrogen-bond donors (Lipinski definition) is 2. The minimum absolute atomic E-state index is 0.0886. The Bertz CT molecular complexity index is 1240. The minimum Gasteiger partial charge on any atom is -0.472 e. The molecule has 0 aliphatic carbocycles. The van der Waals surface area contributed by atoms with E-state index in [1.54, 1.807) is 24.5 Å². The fraction of sp³-hybridized carbons (Fsp3) is 0.200. The number of carbonyl (C=O) groups is 1. The fourth-order valence-electron chi connectivity index (χ4n) is 2.93. The van der Waals surface area contributed by atoms with Crippen molar-refractivity contribution < 1.29 is 9.53 Å². The van der Waals surface area contributed by atoms with Crippen molar-refractivity contribution in [1.29, 1.82) is 0 Å². The number of fused-ring (bicyclic) bond motifs is 1. The smallest absolute Gasteiger partial charge is 0.258 e. The summed E-state index contributed by atoms with van der Waals surface area (Å²) in [6, 6.07) is 9.04. The first-order valence-corrected chi connectivity index (χ1v) is 10.2. The highest BCUT2D eigenvalue weighted by Crippen LogP contribution is 2.26. The highest BCUT2D eigenvalue weighted by Gasteiger charge is 2.19. The lowest BCUT2D eigenvalue weighted by Gasteiger charge is -2.27. The van der Waals surface area contributed by atoms with Crippen LogP contribution >= 0.6 is 11.3 Å². The standard InChI is InChI=1S/C20H17N7O2S/c1-11-26-27-19(30-11)13-2-3-14-8-23-20(24-16(14)6-13)25-18(28)12-4-5-22-17(7-12)29-15-9-21-10-15/h2-8,15,21H,9-10H2,1H3,(H,23,24,25,28). The molecule has 3 aromatic heterocycles. The maximum absolute atomic E-state index is 12.7. The van der Waals surface area contributed by atoms with Crippen molar-refractivity contribution in [1.82, 2.24) is 30.5 Å². The van der Waals surface area contributed by atoms with Crippen molar-refractivity contribution in [3.63, 3.8) is 0 Å². The van der Waals surface area contributed by atoms with E-state index in [4.69, 9.17) is 4.74 Å². The second kappa shape index (κ2) is 7.73. The van der Waals surface area contributed by atoms with Gasteiger partial charge in [-0.2, -0.15) is 0 Å². The summed E-state index contributed by atoms with van der Waals surface area (Å²) in [6.07, 6.45) is 3.32. The van der Waals surface area contributed by atoms with Gasteiger partial charge in [0.1, 0.15) is 16.1 Å². The lowest BCUT2D eigenvalue weighted by molar-refractivity contribution is 0.102. The number of rotatable bonds is 5. The quantitative estimate of drug-likeness (QED) is 0.507. The van der Waals surface area contributed by atoms with Crippen LogP contribution in [-0.4, -0.2) is 50.2 Å². The van der Waals surface area contributed by atoms with Gasteiger partial charge >= 0.3 is 0 Å². The van der Waals surface area contributed by atoms with E-state index >= 15 is 0 Å². The minimum atomic E-state index is -0.329. The molecule has 1 amide bonds. The number of anilines is 1. The molecule has 0 saturated carbocycles. The van der Waals surface area contributed by atoms with Gasteiger partial charge in [0.15, 0.2) is 0 Å². The molecule has 1 saturated heterocycles. The van der Waals surface area contributed by atoms with Crippen LogP contribution in [0.25, 0.3) is 21.5 Å². The molecule has 2 N–H and O–H groups in total. The molecule has 1 fully saturated rings. The monoisotopic (exact) mass is 419 g/mol. The van der Waals surface area contributed by atoms with Crippen LogP contribution in [0.4, 0.5) is 5.95 Å². The summed E-state index contributed by atoms with van der Waals surface area (Å²) in [5, 5.41) is 16.7. The van der Waals surface area contributed by atoms with Crippen molar-refractivity contribution in [2.75, 3.05) is 18.4 Å². The molecule has 4 aromatic rings. The molecular weight excluding hydrogens is 402 g/mol. The Morgan fingerprint density at radius 1 is 1.20 bits per heavy atom. The van der Waals surface area contributed by atoms with E-state index in [0.29, 0.717) is 17.0 Å². The van der Waals surface area contributed by atoms with Gasteiger partial charge in [-0.15, -0.1) is 10.2 Å². The molecule has 0 unspecified atom stereocenters. The van der Waals surface area contributed by atoms with Gasteiger partial charge < -0.3 is 10.1 Å². The first-order valence-electron chi connectivity index (χ1n) is 9.36. The maximum Gasteiger partial charge on any atom is 0.258 e. The highest BCUT2D eigenvalue weighted by molar-refractivity contribution is 7.14. The Labute approximate surface area is 175 Å².